The number of rotatable bonds is 5. The number of nitrogens with zero attached hydrogens (tertiary/aromatic N) is 2. The van der Waals surface area contributed by atoms with Crippen molar-refractivity contribution in [3.8, 4) is 0 Å². The number of aromatic nitrogens is 2. The van der Waals surface area contributed by atoms with E-state index >= 15 is 0 Å². The number of hydrogen-bond donors (Lipinski definition) is 1. The summed E-state index contributed by atoms with van der Waals surface area (Å²) in [6, 6.07) is 0.488. The van der Waals surface area contributed by atoms with Gasteiger partial charge in [-0.05, 0) is 25.8 Å². The molecule has 2 rings (SSSR count). The van der Waals surface area contributed by atoms with Crippen molar-refractivity contribution in [3.05, 3.63) is 17.5 Å². The fraction of sp³-hybridized carbons (Fsp3) is 0.786. The van der Waals surface area contributed by atoms with Crippen LogP contribution in [0, 0.1) is 5.92 Å². The quantitative estimate of drug-likeness (QED) is 0.850. The van der Waals surface area contributed by atoms with E-state index in [1.807, 2.05) is 11.7 Å². The number of aryl methyl sites for hydroxylation is 2. The molecular formula is C14H25N3. The van der Waals surface area contributed by atoms with Crippen molar-refractivity contribution in [2.45, 2.75) is 51.5 Å². The van der Waals surface area contributed by atoms with E-state index in [0.717, 1.165) is 12.3 Å². The van der Waals surface area contributed by atoms with Gasteiger partial charge in [0.15, 0.2) is 0 Å². The van der Waals surface area contributed by atoms with Crippen molar-refractivity contribution in [3.63, 3.8) is 0 Å². The fourth-order valence-electron chi connectivity index (χ4n) is 3.10. The van der Waals surface area contributed by atoms with Gasteiger partial charge in [-0.25, -0.2) is 0 Å². The van der Waals surface area contributed by atoms with Gasteiger partial charge in [0.1, 0.15) is 0 Å². The van der Waals surface area contributed by atoms with Crippen LogP contribution in [-0.2, 0) is 13.5 Å². The summed E-state index contributed by atoms with van der Waals surface area (Å²) < 4.78 is 1.95. The Morgan fingerprint density at radius 1 is 1.47 bits per heavy atom. The minimum Gasteiger partial charge on any atom is -0.313 e. The van der Waals surface area contributed by atoms with Gasteiger partial charge in [-0.15, -0.1) is 0 Å². The van der Waals surface area contributed by atoms with Gasteiger partial charge in [0.25, 0.3) is 0 Å². The SMILES string of the molecule is CCc1nn(C)cc1C(CC1CCCC1)NC. The van der Waals surface area contributed by atoms with Crippen LogP contribution in [0.3, 0.4) is 0 Å². The summed E-state index contributed by atoms with van der Waals surface area (Å²) in [7, 11) is 4.09. The molecular weight excluding hydrogens is 210 g/mol. The molecule has 1 aliphatic carbocycles. The summed E-state index contributed by atoms with van der Waals surface area (Å²) >= 11 is 0. The van der Waals surface area contributed by atoms with Crippen LogP contribution in [0.15, 0.2) is 6.20 Å². The summed E-state index contributed by atoms with van der Waals surface area (Å²) in [5.74, 6) is 0.914. The maximum absolute atomic E-state index is 4.55. The third kappa shape index (κ3) is 2.89. The van der Waals surface area contributed by atoms with Crippen LogP contribution < -0.4 is 5.32 Å². The molecule has 1 heterocycles. The van der Waals surface area contributed by atoms with E-state index in [1.54, 1.807) is 0 Å². The average molecular weight is 235 g/mol. The second-order valence-corrected chi connectivity index (χ2v) is 5.29. The lowest BCUT2D eigenvalue weighted by molar-refractivity contribution is 0.412. The van der Waals surface area contributed by atoms with E-state index < -0.39 is 0 Å². The Labute approximate surface area is 105 Å². The Balaban J connectivity index is 2.10. The zero-order chi connectivity index (χ0) is 12.3. The Morgan fingerprint density at radius 2 is 2.18 bits per heavy atom. The predicted molar refractivity (Wildman–Crippen MR) is 71.0 cm³/mol. The minimum absolute atomic E-state index is 0.488. The second-order valence-electron chi connectivity index (χ2n) is 5.29. The first kappa shape index (κ1) is 12.6. The van der Waals surface area contributed by atoms with Crippen LogP contribution in [0.5, 0.6) is 0 Å². The molecule has 0 radical (unpaired) electrons. The molecule has 0 spiro atoms. The lowest BCUT2D eigenvalue weighted by Gasteiger charge is -2.20. The molecule has 3 nitrogen and oxygen atoms in total. The lowest BCUT2D eigenvalue weighted by Crippen LogP contribution is -2.19. The van der Waals surface area contributed by atoms with Crippen molar-refractivity contribution in [2.24, 2.45) is 13.0 Å². The van der Waals surface area contributed by atoms with E-state index in [9.17, 15) is 0 Å². The van der Waals surface area contributed by atoms with E-state index in [-0.39, 0.29) is 0 Å². The van der Waals surface area contributed by atoms with Gasteiger partial charge in [0, 0.05) is 24.8 Å². The Morgan fingerprint density at radius 3 is 2.76 bits per heavy atom. The largest absolute Gasteiger partial charge is 0.313 e. The molecule has 3 heteroatoms. The molecule has 0 aliphatic heterocycles. The van der Waals surface area contributed by atoms with Crippen molar-refractivity contribution in [1.82, 2.24) is 15.1 Å². The molecule has 1 saturated carbocycles. The molecule has 1 aromatic heterocycles. The molecule has 1 aliphatic rings. The molecule has 1 fully saturated rings. The number of nitrogens with one attached hydrogen (secondary N) is 1. The van der Waals surface area contributed by atoms with Crippen molar-refractivity contribution >= 4 is 0 Å². The van der Waals surface area contributed by atoms with Crippen LogP contribution in [-0.4, -0.2) is 16.8 Å². The zero-order valence-corrected chi connectivity index (χ0v) is 11.4. The fourth-order valence-corrected chi connectivity index (χ4v) is 3.10. The molecule has 1 unspecified atom stereocenters. The molecule has 17 heavy (non-hydrogen) atoms. The van der Waals surface area contributed by atoms with Gasteiger partial charge in [-0.1, -0.05) is 32.6 Å². The van der Waals surface area contributed by atoms with Gasteiger partial charge in [0.05, 0.1) is 5.69 Å². The molecule has 1 atom stereocenters. The van der Waals surface area contributed by atoms with Crippen LogP contribution in [0.2, 0.25) is 0 Å². The normalized spacial score (nSPS) is 18.8. The highest BCUT2D eigenvalue weighted by Gasteiger charge is 2.22. The minimum atomic E-state index is 0.488. The monoisotopic (exact) mass is 235 g/mol. The smallest absolute Gasteiger partial charge is 0.0669 e. The van der Waals surface area contributed by atoms with Crippen LogP contribution in [0.25, 0.3) is 0 Å². The van der Waals surface area contributed by atoms with Gasteiger partial charge in [-0.3, -0.25) is 4.68 Å². The van der Waals surface area contributed by atoms with Crippen LogP contribution in [0.1, 0.15) is 56.3 Å². The van der Waals surface area contributed by atoms with Crippen LogP contribution >= 0.6 is 0 Å². The van der Waals surface area contributed by atoms with Crippen molar-refractivity contribution < 1.29 is 0 Å². The predicted octanol–water partition coefficient (Wildman–Crippen LogP) is 2.82. The maximum Gasteiger partial charge on any atom is 0.0669 e. The van der Waals surface area contributed by atoms with Gasteiger partial charge >= 0.3 is 0 Å². The van der Waals surface area contributed by atoms with Crippen molar-refractivity contribution in [2.75, 3.05) is 7.05 Å². The van der Waals surface area contributed by atoms with E-state index in [1.165, 1.54) is 43.4 Å². The first-order chi connectivity index (χ1) is 8.24. The maximum atomic E-state index is 4.55. The summed E-state index contributed by atoms with van der Waals surface area (Å²) in [5, 5.41) is 8.03. The summed E-state index contributed by atoms with van der Waals surface area (Å²) in [5.41, 5.74) is 2.66. The highest BCUT2D eigenvalue weighted by atomic mass is 15.3. The Bertz CT molecular complexity index is 350. The highest BCUT2D eigenvalue weighted by Crippen LogP contribution is 2.33. The van der Waals surface area contributed by atoms with Crippen LogP contribution in [0.4, 0.5) is 0 Å². The second kappa shape index (κ2) is 5.67. The van der Waals surface area contributed by atoms with E-state index in [0.29, 0.717) is 6.04 Å². The van der Waals surface area contributed by atoms with Gasteiger partial charge < -0.3 is 5.32 Å². The molecule has 0 amide bonds. The third-order valence-corrected chi connectivity index (χ3v) is 4.04. The molecule has 1 aromatic rings. The average Bonchev–Trinajstić information content (AvgIpc) is 2.94. The third-order valence-electron chi connectivity index (χ3n) is 4.04. The summed E-state index contributed by atoms with van der Waals surface area (Å²) in [6.45, 7) is 2.19. The molecule has 0 bridgehead atoms. The summed E-state index contributed by atoms with van der Waals surface area (Å²) in [4.78, 5) is 0. The van der Waals surface area contributed by atoms with E-state index in [4.69, 9.17) is 0 Å². The molecule has 1 N–H and O–H groups in total. The van der Waals surface area contributed by atoms with Gasteiger partial charge in [-0.2, -0.15) is 5.10 Å². The standard InChI is InChI=1S/C14H25N3/c1-4-13-12(10-17(3)16-13)14(15-2)9-11-7-5-6-8-11/h10-11,14-15H,4-9H2,1-3H3. The van der Waals surface area contributed by atoms with E-state index in [2.05, 4.69) is 30.6 Å². The van der Waals surface area contributed by atoms with Crippen molar-refractivity contribution in [1.29, 1.82) is 0 Å². The lowest BCUT2D eigenvalue weighted by atomic mass is 9.93. The first-order valence-corrected chi connectivity index (χ1v) is 6.94. The topological polar surface area (TPSA) is 29.9 Å². The highest BCUT2D eigenvalue weighted by molar-refractivity contribution is 5.21. The zero-order valence-electron chi connectivity index (χ0n) is 11.4. The summed E-state index contributed by atoms with van der Waals surface area (Å²) in [6.07, 6.45) is 10.2. The van der Waals surface area contributed by atoms with Gasteiger partial charge in [0.2, 0.25) is 0 Å². The molecule has 96 valence electrons. The first-order valence-electron chi connectivity index (χ1n) is 6.94. The molecule has 0 saturated heterocycles. The Kier molecular flexibility index (Phi) is 4.21. The number of hydrogen-bond acceptors (Lipinski definition) is 2. The molecule has 0 aromatic carbocycles. The Hall–Kier alpha value is -0.830.